The van der Waals surface area contributed by atoms with Gasteiger partial charge in [-0.1, -0.05) is 0 Å². The van der Waals surface area contributed by atoms with Crippen molar-refractivity contribution in [3.63, 3.8) is 0 Å². The molecule has 0 rings (SSSR count). The van der Waals surface area contributed by atoms with Crippen LogP contribution in [0, 0.1) is 12.3 Å². The molecule has 1 amide bonds. The van der Waals surface area contributed by atoms with Crippen LogP contribution in [-0.4, -0.2) is 23.9 Å². The highest BCUT2D eigenvalue weighted by molar-refractivity contribution is 5.73. The van der Waals surface area contributed by atoms with E-state index in [1.54, 1.807) is 11.8 Å². The second-order valence-electron chi connectivity index (χ2n) is 2.05. The Morgan fingerprint density at radius 3 is 2.60 bits per heavy atom. The predicted molar refractivity (Wildman–Crippen MR) is 41.4 cm³/mol. The van der Waals surface area contributed by atoms with Gasteiger partial charge in [-0.2, -0.15) is 0 Å². The minimum Gasteiger partial charge on any atom is -0.342 e. The van der Waals surface area contributed by atoms with Crippen molar-refractivity contribution in [3.8, 4) is 12.3 Å². The number of nitrogens with zero attached hydrogens (tertiary/aromatic N) is 1. The highest BCUT2D eigenvalue weighted by Crippen LogP contribution is 1.90. The lowest BCUT2D eigenvalue weighted by Crippen LogP contribution is -2.29. The first-order chi connectivity index (χ1) is 4.72. The van der Waals surface area contributed by atoms with E-state index in [0.717, 1.165) is 6.54 Å². The molecule has 10 heavy (non-hydrogen) atoms. The Balaban J connectivity index is 3.63. The van der Waals surface area contributed by atoms with E-state index >= 15 is 0 Å². The van der Waals surface area contributed by atoms with Crippen molar-refractivity contribution in [1.82, 2.24) is 4.90 Å². The second kappa shape index (κ2) is 4.87. The SMILES string of the molecule is C#CCCN(CC)C(C)=O. The Kier molecular flexibility index (Phi) is 4.39. The van der Waals surface area contributed by atoms with Gasteiger partial charge < -0.3 is 4.90 Å². The molecule has 56 valence electrons. The van der Waals surface area contributed by atoms with Crippen molar-refractivity contribution in [3.05, 3.63) is 0 Å². The second-order valence-corrected chi connectivity index (χ2v) is 2.05. The molecule has 0 aromatic rings. The molecule has 0 heterocycles. The summed E-state index contributed by atoms with van der Waals surface area (Å²) in [7, 11) is 0. The van der Waals surface area contributed by atoms with Crippen LogP contribution in [0.15, 0.2) is 0 Å². The summed E-state index contributed by atoms with van der Waals surface area (Å²) in [5.74, 6) is 2.59. The smallest absolute Gasteiger partial charge is 0.219 e. The van der Waals surface area contributed by atoms with Crippen LogP contribution in [0.2, 0.25) is 0 Å². The number of hydrogen-bond acceptors (Lipinski definition) is 1. The first kappa shape index (κ1) is 9.03. The molecule has 0 unspecified atom stereocenters. The highest BCUT2D eigenvalue weighted by Gasteiger charge is 2.02. The molecular formula is C8H13NO. The molecule has 0 aliphatic heterocycles. The molecule has 0 aliphatic rings. The Morgan fingerprint density at radius 1 is 1.70 bits per heavy atom. The quantitative estimate of drug-likeness (QED) is 0.531. The summed E-state index contributed by atoms with van der Waals surface area (Å²) in [6, 6.07) is 0. The van der Waals surface area contributed by atoms with Crippen LogP contribution < -0.4 is 0 Å². The molecule has 0 radical (unpaired) electrons. The molecule has 2 heteroatoms. The van der Waals surface area contributed by atoms with E-state index in [2.05, 4.69) is 5.92 Å². The summed E-state index contributed by atoms with van der Waals surface area (Å²) in [5, 5.41) is 0. The zero-order valence-electron chi connectivity index (χ0n) is 6.55. The van der Waals surface area contributed by atoms with Crippen LogP contribution in [-0.2, 0) is 4.79 Å². The molecule has 0 aliphatic carbocycles. The standard InChI is InChI=1S/C8H13NO/c1-4-6-7-9(5-2)8(3)10/h1H,5-7H2,2-3H3. The minimum absolute atomic E-state index is 0.0951. The number of hydrogen-bond donors (Lipinski definition) is 0. The van der Waals surface area contributed by atoms with E-state index in [1.807, 2.05) is 6.92 Å². The Bertz CT molecular complexity index is 146. The van der Waals surface area contributed by atoms with Gasteiger partial charge in [0.2, 0.25) is 5.91 Å². The van der Waals surface area contributed by atoms with Gasteiger partial charge in [0.15, 0.2) is 0 Å². The third kappa shape index (κ3) is 3.13. The monoisotopic (exact) mass is 139 g/mol. The van der Waals surface area contributed by atoms with Crippen LogP contribution in [0.4, 0.5) is 0 Å². The fraction of sp³-hybridized carbons (Fsp3) is 0.625. The van der Waals surface area contributed by atoms with Gasteiger partial charge in [0.1, 0.15) is 0 Å². The van der Waals surface area contributed by atoms with E-state index in [-0.39, 0.29) is 5.91 Å². The van der Waals surface area contributed by atoms with Gasteiger partial charge >= 0.3 is 0 Å². The van der Waals surface area contributed by atoms with Crippen molar-refractivity contribution in [1.29, 1.82) is 0 Å². The number of terminal acetylenes is 1. The summed E-state index contributed by atoms with van der Waals surface area (Å²) in [4.78, 5) is 12.5. The number of carbonyl (C=O) groups is 1. The van der Waals surface area contributed by atoms with Gasteiger partial charge in [-0.25, -0.2) is 0 Å². The van der Waals surface area contributed by atoms with Gasteiger partial charge in [-0.3, -0.25) is 4.79 Å². The van der Waals surface area contributed by atoms with E-state index in [9.17, 15) is 4.79 Å². The predicted octanol–water partition coefficient (Wildman–Crippen LogP) is 0.878. The molecule has 0 bridgehead atoms. The molecule has 0 fully saturated rings. The maximum absolute atomic E-state index is 10.7. The third-order valence-electron chi connectivity index (χ3n) is 1.35. The Labute approximate surface area is 62.2 Å². The summed E-state index contributed by atoms with van der Waals surface area (Å²) >= 11 is 0. The fourth-order valence-electron chi connectivity index (χ4n) is 0.738. The summed E-state index contributed by atoms with van der Waals surface area (Å²) in [5.41, 5.74) is 0. The van der Waals surface area contributed by atoms with Crippen LogP contribution in [0.1, 0.15) is 20.3 Å². The van der Waals surface area contributed by atoms with Crippen molar-refractivity contribution >= 4 is 5.91 Å². The van der Waals surface area contributed by atoms with E-state index in [4.69, 9.17) is 6.42 Å². The van der Waals surface area contributed by atoms with Gasteiger partial charge in [-0.15, -0.1) is 12.3 Å². The molecular weight excluding hydrogens is 126 g/mol. The zero-order valence-corrected chi connectivity index (χ0v) is 6.55. The topological polar surface area (TPSA) is 20.3 Å². The van der Waals surface area contributed by atoms with Gasteiger partial charge in [0.05, 0.1) is 0 Å². The summed E-state index contributed by atoms with van der Waals surface area (Å²) < 4.78 is 0. The third-order valence-corrected chi connectivity index (χ3v) is 1.35. The number of carbonyl (C=O) groups excluding carboxylic acids is 1. The van der Waals surface area contributed by atoms with Gasteiger partial charge in [-0.05, 0) is 6.92 Å². The van der Waals surface area contributed by atoms with Crippen molar-refractivity contribution in [2.75, 3.05) is 13.1 Å². The molecule has 0 spiro atoms. The van der Waals surface area contributed by atoms with E-state index in [0.29, 0.717) is 13.0 Å². The lowest BCUT2D eigenvalue weighted by molar-refractivity contribution is -0.128. The molecule has 0 saturated carbocycles. The molecule has 2 nitrogen and oxygen atoms in total. The average molecular weight is 139 g/mol. The van der Waals surface area contributed by atoms with E-state index < -0.39 is 0 Å². The molecule has 0 aromatic carbocycles. The summed E-state index contributed by atoms with van der Waals surface area (Å²) in [6.07, 6.45) is 5.69. The highest BCUT2D eigenvalue weighted by atomic mass is 16.2. The fourth-order valence-corrected chi connectivity index (χ4v) is 0.738. The van der Waals surface area contributed by atoms with Crippen molar-refractivity contribution in [2.45, 2.75) is 20.3 Å². The first-order valence-electron chi connectivity index (χ1n) is 3.41. The largest absolute Gasteiger partial charge is 0.342 e. The summed E-state index contributed by atoms with van der Waals surface area (Å²) in [6.45, 7) is 4.93. The van der Waals surface area contributed by atoms with Crippen molar-refractivity contribution < 1.29 is 4.79 Å². The zero-order chi connectivity index (χ0) is 7.98. The van der Waals surface area contributed by atoms with Gasteiger partial charge in [0, 0.05) is 26.4 Å². The number of amides is 1. The van der Waals surface area contributed by atoms with Crippen LogP contribution in [0.5, 0.6) is 0 Å². The van der Waals surface area contributed by atoms with Crippen molar-refractivity contribution in [2.24, 2.45) is 0 Å². The lowest BCUT2D eigenvalue weighted by Gasteiger charge is -2.16. The van der Waals surface area contributed by atoms with Crippen LogP contribution in [0.25, 0.3) is 0 Å². The molecule has 0 atom stereocenters. The first-order valence-corrected chi connectivity index (χ1v) is 3.41. The maximum Gasteiger partial charge on any atom is 0.219 e. The Morgan fingerprint density at radius 2 is 2.30 bits per heavy atom. The number of rotatable bonds is 3. The molecule has 0 aromatic heterocycles. The van der Waals surface area contributed by atoms with Gasteiger partial charge in [0.25, 0.3) is 0 Å². The average Bonchev–Trinajstić information content (AvgIpc) is 1.89. The normalized spacial score (nSPS) is 8.50. The molecule has 0 saturated heterocycles. The maximum atomic E-state index is 10.7. The van der Waals surface area contributed by atoms with Crippen LogP contribution in [0.3, 0.4) is 0 Å². The Hall–Kier alpha value is -0.970. The van der Waals surface area contributed by atoms with Crippen LogP contribution >= 0.6 is 0 Å². The minimum atomic E-state index is 0.0951. The molecule has 0 N–H and O–H groups in total. The van der Waals surface area contributed by atoms with E-state index in [1.165, 1.54) is 0 Å². The lowest BCUT2D eigenvalue weighted by atomic mass is 10.4.